The van der Waals surface area contributed by atoms with Gasteiger partial charge in [-0.05, 0) is 55.2 Å². The summed E-state index contributed by atoms with van der Waals surface area (Å²) in [5.74, 6) is -0.259. The molecule has 156 valence electrons. The summed E-state index contributed by atoms with van der Waals surface area (Å²) in [6, 6.07) is 12.5. The zero-order valence-corrected chi connectivity index (χ0v) is 17.8. The third-order valence-electron chi connectivity index (χ3n) is 5.07. The lowest BCUT2D eigenvalue weighted by Gasteiger charge is -2.26. The summed E-state index contributed by atoms with van der Waals surface area (Å²) < 4.78 is 32.7. The smallest absolute Gasteiger partial charge is 0.255 e. The van der Waals surface area contributed by atoms with E-state index in [0.29, 0.717) is 43.1 Å². The molecule has 0 aliphatic carbocycles. The van der Waals surface area contributed by atoms with Gasteiger partial charge < -0.3 is 10.1 Å². The molecule has 6 nitrogen and oxygen atoms in total. The van der Waals surface area contributed by atoms with Crippen LogP contribution < -0.4 is 5.32 Å². The number of carbonyl (C=O) groups is 1. The van der Waals surface area contributed by atoms with E-state index in [-0.39, 0.29) is 10.8 Å². The molecule has 0 radical (unpaired) electrons. The zero-order chi connectivity index (χ0) is 20.9. The molecule has 7 heteroatoms. The number of hydrogen-bond donors (Lipinski definition) is 1. The number of sulfonamides is 1. The molecule has 0 atom stereocenters. The number of benzene rings is 2. The molecule has 0 saturated carbocycles. The van der Waals surface area contributed by atoms with Crippen LogP contribution in [-0.2, 0) is 21.2 Å². The van der Waals surface area contributed by atoms with E-state index in [1.165, 1.54) is 15.9 Å². The minimum absolute atomic E-state index is 0.215. The van der Waals surface area contributed by atoms with Crippen molar-refractivity contribution in [2.75, 3.05) is 31.6 Å². The number of nitrogens with one attached hydrogen (secondary N) is 1. The number of hydrogen-bond acceptors (Lipinski definition) is 4. The van der Waals surface area contributed by atoms with E-state index in [1.807, 2.05) is 12.1 Å². The maximum absolute atomic E-state index is 13.0. The number of anilines is 1. The highest BCUT2D eigenvalue weighted by Gasteiger charge is 2.28. The van der Waals surface area contributed by atoms with Crippen molar-refractivity contribution in [2.24, 2.45) is 0 Å². The molecule has 0 aromatic heterocycles. The molecule has 0 spiro atoms. The van der Waals surface area contributed by atoms with E-state index in [1.54, 1.807) is 31.2 Å². The van der Waals surface area contributed by atoms with Crippen molar-refractivity contribution in [1.82, 2.24) is 4.31 Å². The van der Waals surface area contributed by atoms with Gasteiger partial charge in [-0.2, -0.15) is 4.31 Å². The van der Waals surface area contributed by atoms with Gasteiger partial charge in [0.05, 0.1) is 18.1 Å². The Labute approximate surface area is 172 Å². The molecule has 1 aliphatic heterocycles. The van der Waals surface area contributed by atoms with Crippen LogP contribution in [0, 0.1) is 6.92 Å². The fourth-order valence-corrected chi connectivity index (χ4v) is 4.95. The maximum atomic E-state index is 13.0. The van der Waals surface area contributed by atoms with Crippen LogP contribution in [0.3, 0.4) is 0 Å². The van der Waals surface area contributed by atoms with E-state index < -0.39 is 10.0 Å². The summed E-state index contributed by atoms with van der Waals surface area (Å²) in [4.78, 5) is 12.8. The van der Waals surface area contributed by atoms with Gasteiger partial charge in [-0.1, -0.05) is 31.5 Å². The lowest BCUT2D eigenvalue weighted by atomic mass is 10.1. The first kappa shape index (κ1) is 21.5. The third kappa shape index (κ3) is 5.23. The first-order valence-corrected chi connectivity index (χ1v) is 11.4. The van der Waals surface area contributed by atoms with E-state index in [4.69, 9.17) is 4.74 Å². The lowest BCUT2D eigenvalue weighted by molar-refractivity contribution is 0.0730. The molecule has 1 heterocycles. The van der Waals surface area contributed by atoms with Gasteiger partial charge in [0, 0.05) is 24.3 Å². The molecule has 1 fully saturated rings. The molecule has 1 aliphatic rings. The van der Waals surface area contributed by atoms with Crippen molar-refractivity contribution in [3.05, 3.63) is 59.2 Å². The van der Waals surface area contributed by atoms with Crippen LogP contribution in [-0.4, -0.2) is 44.9 Å². The van der Waals surface area contributed by atoms with E-state index in [9.17, 15) is 13.2 Å². The van der Waals surface area contributed by atoms with E-state index in [0.717, 1.165) is 19.3 Å². The van der Waals surface area contributed by atoms with Gasteiger partial charge in [0.1, 0.15) is 0 Å². The highest BCUT2D eigenvalue weighted by atomic mass is 32.2. The average Bonchev–Trinajstić information content (AvgIpc) is 2.74. The molecular weight excluding hydrogens is 388 g/mol. The fourth-order valence-electron chi connectivity index (χ4n) is 3.29. The maximum Gasteiger partial charge on any atom is 0.255 e. The molecule has 0 unspecified atom stereocenters. The van der Waals surface area contributed by atoms with Gasteiger partial charge >= 0.3 is 0 Å². The number of amides is 1. The molecule has 3 rings (SSSR count). The van der Waals surface area contributed by atoms with Crippen molar-refractivity contribution >= 4 is 21.6 Å². The first-order valence-electron chi connectivity index (χ1n) is 10.0. The Hall–Kier alpha value is -2.22. The molecule has 2 aromatic carbocycles. The summed E-state index contributed by atoms with van der Waals surface area (Å²) >= 11 is 0. The van der Waals surface area contributed by atoms with Crippen molar-refractivity contribution in [3.8, 4) is 0 Å². The molecule has 1 saturated heterocycles. The van der Waals surface area contributed by atoms with Gasteiger partial charge in [0.15, 0.2) is 0 Å². The standard InChI is InChI=1S/C22H28N2O4S/c1-3-4-5-18-7-9-19(10-8-18)22(25)23-20-11-6-17(2)21(16-20)29(26,27)24-12-14-28-15-13-24/h6-11,16H,3-5,12-15H2,1-2H3,(H,23,25). The van der Waals surface area contributed by atoms with Crippen LogP contribution in [0.5, 0.6) is 0 Å². The van der Waals surface area contributed by atoms with Crippen LogP contribution in [0.15, 0.2) is 47.4 Å². The van der Waals surface area contributed by atoms with Crippen molar-refractivity contribution in [3.63, 3.8) is 0 Å². The van der Waals surface area contributed by atoms with Crippen LogP contribution in [0.4, 0.5) is 5.69 Å². The molecule has 0 bridgehead atoms. The summed E-state index contributed by atoms with van der Waals surface area (Å²) in [7, 11) is -3.63. The van der Waals surface area contributed by atoms with Crippen LogP contribution in [0.1, 0.15) is 41.3 Å². The van der Waals surface area contributed by atoms with Crippen LogP contribution in [0.2, 0.25) is 0 Å². The number of carbonyl (C=O) groups excluding carboxylic acids is 1. The Kier molecular flexibility index (Phi) is 7.05. The predicted octanol–water partition coefficient (Wildman–Crippen LogP) is 3.61. The Morgan fingerprint density at radius 2 is 1.79 bits per heavy atom. The minimum atomic E-state index is -3.63. The fraction of sp³-hybridized carbons (Fsp3) is 0.409. The average molecular weight is 417 g/mol. The predicted molar refractivity (Wildman–Crippen MR) is 114 cm³/mol. The van der Waals surface area contributed by atoms with E-state index >= 15 is 0 Å². The van der Waals surface area contributed by atoms with Crippen molar-refractivity contribution in [1.29, 1.82) is 0 Å². The lowest BCUT2D eigenvalue weighted by Crippen LogP contribution is -2.40. The number of unbranched alkanes of at least 4 members (excludes halogenated alkanes) is 1. The van der Waals surface area contributed by atoms with Crippen molar-refractivity contribution < 1.29 is 17.9 Å². The largest absolute Gasteiger partial charge is 0.379 e. The van der Waals surface area contributed by atoms with Gasteiger partial charge in [-0.25, -0.2) is 8.42 Å². The van der Waals surface area contributed by atoms with Gasteiger partial charge in [0.2, 0.25) is 10.0 Å². The summed E-state index contributed by atoms with van der Waals surface area (Å²) in [6.07, 6.45) is 3.25. The second kappa shape index (κ2) is 9.52. The normalized spacial score (nSPS) is 15.2. The van der Waals surface area contributed by atoms with Gasteiger partial charge in [-0.15, -0.1) is 0 Å². The minimum Gasteiger partial charge on any atom is -0.379 e. The first-order chi connectivity index (χ1) is 13.9. The summed E-state index contributed by atoms with van der Waals surface area (Å²) in [6.45, 7) is 5.36. The number of ether oxygens (including phenoxy) is 1. The number of rotatable bonds is 7. The second-order valence-electron chi connectivity index (χ2n) is 7.25. The highest BCUT2D eigenvalue weighted by molar-refractivity contribution is 7.89. The van der Waals surface area contributed by atoms with Gasteiger partial charge in [0.25, 0.3) is 5.91 Å². The zero-order valence-electron chi connectivity index (χ0n) is 17.0. The number of nitrogens with zero attached hydrogens (tertiary/aromatic N) is 1. The number of aryl methyl sites for hydroxylation is 2. The highest BCUT2D eigenvalue weighted by Crippen LogP contribution is 2.24. The Bertz CT molecular complexity index is 949. The Balaban J connectivity index is 1.76. The monoisotopic (exact) mass is 416 g/mol. The van der Waals surface area contributed by atoms with Crippen LogP contribution >= 0.6 is 0 Å². The summed E-state index contributed by atoms with van der Waals surface area (Å²) in [5.41, 5.74) is 2.86. The second-order valence-corrected chi connectivity index (χ2v) is 9.16. The Morgan fingerprint density at radius 3 is 2.45 bits per heavy atom. The number of morpholine rings is 1. The van der Waals surface area contributed by atoms with E-state index in [2.05, 4.69) is 12.2 Å². The third-order valence-corrected chi connectivity index (χ3v) is 7.11. The molecule has 29 heavy (non-hydrogen) atoms. The Morgan fingerprint density at radius 1 is 1.10 bits per heavy atom. The molecule has 2 aromatic rings. The van der Waals surface area contributed by atoms with Crippen LogP contribution in [0.25, 0.3) is 0 Å². The molecular formula is C22H28N2O4S. The molecule has 1 N–H and O–H groups in total. The van der Waals surface area contributed by atoms with Gasteiger partial charge in [-0.3, -0.25) is 4.79 Å². The SMILES string of the molecule is CCCCc1ccc(C(=O)Nc2ccc(C)c(S(=O)(=O)N3CCOCC3)c2)cc1. The van der Waals surface area contributed by atoms with Crippen molar-refractivity contribution in [2.45, 2.75) is 38.0 Å². The quantitative estimate of drug-likeness (QED) is 0.748. The molecule has 1 amide bonds. The topological polar surface area (TPSA) is 75.7 Å². The summed E-state index contributed by atoms with van der Waals surface area (Å²) in [5, 5.41) is 2.82.